The van der Waals surface area contributed by atoms with Crippen molar-refractivity contribution in [3.63, 3.8) is 0 Å². The number of halogens is 2. The molecule has 1 atom stereocenters. The smallest absolute Gasteiger partial charge is 0.311 e. The minimum absolute atomic E-state index is 0.105. The number of carbonyl (C=O) groups is 3. The van der Waals surface area contributed by atoms with E-state index >= 15 is 0 Å². The Hall–Kier alpha value is -3.66. The van der Waals surface area contributed by atoms with Crippen molar-refractivity contribution in [3.8, 4) is 11.5 Å². The molecule has 0 saturated heterocycles. The zero-order valence-corrected chi connectivity index (χ0v) is 23.5. The Labute approximate surface area is 237 Å². The van der Waals surface area contributed by atoms with E-state index in [4.69, 9.17) is 32.7 Å². The SMILES string of the molecule is CCCC(=O)Oc1c(OC)ccnc1C(=O)N[C@@H](C)C(=O)NN(C)C(c1ccc(Cl)cc1)c1ccc(Cl)cc1. The number of hydrogen-bond acceptors (Lipinski definition) is 7. The first-order chi connectivity index (χ1) is 18.6. The highest BCUT2D eigenvalue weighted by molar-refractivity contribution is 6.30. The number of nitrogens with one attached hydrogen (secondary N) is 2. The molecule has 0 saturated carbocycles. The molecule has 3 aromatic rings. The van der Waals surface area contributed by atoms with Crippen molar-refractivity contribution in [2.24, 2.45) is 0 Å². The van der Waals surface area contributed by atoms with Crippen LogP contribution in [0.4, 0.5) is 0 Å². The molecule has 2 aromatic carbocycles. The third kappa shape index (κ3) is 7.92. The van der Waals surface area contributed by atoms with Crippen molar-refractivity contribution in [1.29, 1.82) is 0 Å². The molecule has 3 rings (SSSR count). The summed E-state index contributed by atoms with van der Waals surface area (Å²) in [4.78, 5) is 42.4. The van der Waals surface area contributed by atoms with E-state index in [1.165, 1.54) is 26.3 Å². The van der Waals surface area contributed by atoms with Crippen LogP contribution in [0.1, 0.15) is 54.3 Å². The normalized spacial score (nSPS) is 11.7. The van der Waals surface area contributed by atoms with Crippen LogP contribution in [0.25, 0.3) is 0 Å². The Morgan fingerprint density at radius 1 is 0.974 bits per heavy atom. The van der Waals surface area contributed by atoms with E-state index in [1.807, 2.05) is 31.2 Å². The lowest BCUT2D eigenvalue weighted by molar-refractivity contribution is -0.134. The summed E-state index contributed by atoms with van der Waals surface area (Å²) in [5, 5.41) is 5.42. The third-order valence-corrected chi connectivity index (χ3v) is 6.26. The van der Waals surface area contributed by atoms with Crippen LogP contribution < -0.4 is 20.2 Å². The predicted octanol–water partition coefficient (Wildman–Crippen LogP) is 4.97. The number of methoxy groups -OCH3 is 1. The average Bonchev–Trinajstić information content (AvgIpc) is 2.91. The van der Waals surface area contributed by atoms with Crippen molar-refractivity contribution in [3.05, 3.63) is 87.7 Å². The molecule has 2 amide bonds. The molecule has 1 aromatic heterocycles. The molecule has 39 heavy (non-hydrogen) atoms. The van der Waals surface area contributed by atoms with Gasteiger partial charge in [-0.25, -0.2) is 9.99 Å². The molecule has 0 spiro atoms. The number of aromatic nitrogens is 1. The standard InChI is InChI=1S/C28H30Cl2N4O5/c1-5-6-23(35)39-26-22(38-4)15-16-31-24(26)28(37)32-17(2)27(36)33-34(3)25(18-7-11-20(29)12-8-18)19-9-13-21(30)14-10-19/h7-17,25H,5-6H2,1-4H3,(H,32,37)(H,33,36)/t17-/m0/s1. The van der Waals surface area contributed by atoms with Crippen molar-refractivity contribution in [2.45, 2.75) is 38.8 Å². The van der Waals surface area contributed by atoms with Gasteiger partial charge in [-0.1, -0.05) is 54.4 Å². The molecule has 0 aliphatic carbocycles. The van der Waals surface area contributed by atoms with Crippen molar-refractivity contribution in [2.75, 3.05) is 14.2 Å². The molecule has 2 N–H and O–H groups in total. The lowest BCUT2D eigenvalue weighted by atomic mass is 9.98. The maximum atomic E-state index is 13.1. The first-order valence-electron chi connectivity index (χ1n) is 12.2. The molecule has 0 bridgehead atoms. The van der Waals surface area contributed by atoms with Gasteiger partial charge in [0.25, 0.3) is 11.8 Å². The number of carbonyl (C=O) groups excluding carboxylic acids is 3. The summed E-state index contributed by atoms with van der Waals surface area (Å²) in [5.41, 5.74) is 4.41. The number of rotatable bonds is 11. The quantitative estimate of drug-likeness (QED) is 0.246. The third-order valence-electron chi connectivity index (χ3n) is 5.76. The van der Waals surface area contributed by atoms with Crippen LogP contribution in [0.5, 0.6) is 11.5 Å². The zero-order valence-electron chi connectivity index (χ0n) is 22.0. The summed E-state index contributed by atoms with van der Waals surface area (Å²) in [7, 11) is 3.10. The number of pyridine rings is 1. The Morgan fingerprint density at radius 2 is 1.54 bits per heavy atom. The fraction of sp³-hybridized carbons (Fsp3) is 0.286. The van der Waals surface area contributed by atoms with Crippen molar-refractivity contribution < 1.29 is 23.9 Å². The summed E-state index contributed by atoms with van der Waals surface area (Å²) in [6.45, 7) is 3.36. The van der Waals surface area contributed by atoms with Crippen LogP contribution >= 0.6 is 23.2 Å². The minimum atomic E-state index is -0.969. The van der Waals surface area contributed by atoms with E-state index < -0.39 is 23.8 Å². The highest BCUT2D eigenvalue weighted by Crippen LogP contribution is 2.31. The van der Waals surface area contributed by atoms with Crippen molar-refractivity contribution >= 4 is 41.0 Å². The van der Waals surface area contributed by atoms with Crippen LogP contribution in [0.2, 0.25) is 10.0 Å². The summed E-state index contributed by atoms with van der Waals surface area (Å²) in [5.74, 6) is -1.64. The minimum Gasteiger partial charge on any atom is -0.493 e. The maximum absolute atomic E-state index is 13.1. The predicted molar refractivity (Wildman–Crippen MR) is 149 cm³/mol. The van der Waals surface area contributed by atoms with Crippen LogP contribution in [0.3, 0.4) is 0 Å². The van der Waals surface area contributed by atoms with Crippen LogP contribution in [0.15, 0.2) is 60.8 Å². The van der Waals surface area contributed by atoms with Gasteiger partial charge in [-0.2, -0.15) is 0 Å². The van der Waals surface area contributed by atoms with Gasteiger partial charge < -0.3 is 14.8 Å². The van der Waals surface area contributed by atoms with Crippen LogP contribution in [-0.2, 0) is 9.59 Å². The van der Waals surface area contributed by atoms with Gasteiger partial charge in [0, 0.05) is 35.8 Å². The lowest BCUT2D eigenvalue weighted by Gasteiger charge is -2.30. The second-order valence-electron chi connectivity index (χ2n) is 8.70. The van der Waals surface area contributed by atoms with Gasteiger partial charge in [-0.05, 0) is 48.7 Å². The Balaban J connectivity index is 1.77. The molecule has 11 heteroatoms. The largest absolute Gasteiger partial charge is 0.493 e. The van der Waals surface area contributed by atoms with Gasteiger partial charge in [0.2, 0.25) is 5.75 Å². The monoisotopic (exact) mass is 572 g/mol. The Kier molecular flexibility index (Phi) is 10.7. The summed E-state index contributed by atoms with van der Waals surface area (Å²) in [6.07, 6.45) is 2.08. The highest BCUT2D eigenvalue weighted by Gasteiger charge is 2.27. The second-order valence-corrected chi connectivity index (χ2v) is 9.58. The lowest BCUT2D eigenvalue weighted by Crippen LogP contribution is -2.51. The molecule has 1 heterocycles. The van der Waals surface area contributed by atoms with Gasteiger partial charge in [-0.3, -0.25) is 19.8 Å². The molecule has 0 radical (unpaired) electrons. The first-order valence-corrected chi connectivity index (χ1v) is 13.0. The van der Waals surface area contributed by atoms with Crippen molar-refractivity contribution in [1.82, 2.24) is 20.7 Å². The average molecular weight is 573 g/mol. The number of amides is 2. The fourth-order valence-corrected chi connectivity index (χ4v) is 4.07. The summed E-state index contributed by atoms with van der Waals surface area (Å²) in [6, 6.07) is 14.7. The zero-order chi connectivity index (χ0) is 28.5. The van der Waals surface area contributed by atoms with E-state index in [0.29, 0.717) is 16.5 Å². The number of benzene rings is 2. The topological polar surface area (TPSA) is 110 Å². The van der Waals surface area contributed by atoms with Crippen LogP contribution in [0, 0.1) is 0 Å². The number of ether oxygens (including phenoxy) is 2. The van der Waals surface area contributed by atoms with Gasteiger partial charge in [0.05, 0.1) is 13.2 Å². The molecule has 0 fully saturated rings. The second kappa shape index (κ2) is 13.9. The van der Waals surface area contributed by atoms with E-state index in [2.05, 4.69) is 15.7 Å². The first kappa shape index (κ1) is 29.9. The molecular weight excluding hydrogens is 543 g/mol. The number of hydrogen-bond donors (Lipinski definition) is 2. The number of hydrazine groups is 1. The van der Waals surface area contributed by atoms with Crippen LogP contribution in [-0.4, -0.2) is 48.0 Å². The van der Waals surface area contributed by atoms with E-state index in [1.54, 1.807) is 36.3 Å². The Morgan fingerprint density at radius 3 is 2.05 bits per heavy atom. The van der Waals surface area contributed by atoms with E-state index in [-0.39, 0.29) is 29.7 Å². The molecule has 0 aliphatic heterocycles. The molecular formula is C28H30Cl2N4O5. The molecule has 0 aliphatic rings. The Bertz CT molecular complexity index is 1260. The molecule has 206 valence electrons. The van der Waals surface area contributed by atoms with E-state index in [0.717, 1.165) is 11.1 Å². The van der Waals surface area contributed by atoms with Gasteiger partial charge in [0.1, 0.15) is 6.04 Å². The molecule has 0 unspecified atom stereocenters. The summed E-state index contributed by atoms with van der Waals surface area (Å²) >= 11 is 12.2. The fourth-order valence-electron chi connectivity index (χ4n) is 3.82. The molecule has 9 nitrogen and oxygen atoms in total. The summed E-state index contributed by atoms with van der Waals surface area (Å²) < 4.78 is 10.6. The van der Waals surface area contributed by atoms with Gasteiger partial charge in [0.15, 0.2) is 11.4 Å². The van der Waals surface area contributed by atoms with E-state index in [9.17, 15) is 14.4 Å². The highest BCUT2D eigenvalue weighted by atomic mass is 35.5. The van der Waals surface area contributed by atoms with Gasteiger partial charge in [-0.15, -0.1) is 0 Å². The number of nitrogens with zero attached hydrogens (tertiary/aromatic N) is 2. The number of esters is 1. The van der Waals surface area contributed by atoms with Gasteiger partial charge >= 0.3 is 5.97 Å². The maximum Gasteiger partial charge on any atom is 0.311 e.